The summed E-state index contributed by atoms with van der Waals surface area (Å²) in [7, 11) is 0. The fourth-order valence-corrected chi connectivity index (χ4v) is 4.92. The van der Waals surface area contributed by atoms with Crippen LogP contribution in [0.15, 0.2) is 47.4 Å². The number of hydrogen-bond donors (Lipinski definition) is 1. The molecule has 1 amide bonds. The molecule has 8 nitrogen and oxygen atoms in total. The molecule has 2 saturated heterocycles. The average Bonchev–Trinajstić information content (AvgIpc) is 3.36. The van der Waals surface area contributed by atoms with E-state index in [1.54, 1.807) is 30.3 Å². The fourth-order valence-electron chi connectivity index (χ4n) is 3.62. The van der Waals surface area contributed by atoms with Crippen LogP contribution in [0.4, 0.5) is 17.1 Å². The minimum Gasteiger partial charge on any atom is -0.478 e. The highest BCUT2D eigenvalue weighted by Crippen LogP contribution is 2.38. The Morgan fingerprint density at radius 2 is 1.94 bits per heavy atom. The summed E-state index contributed by atoms with van der Waals surface area (Å²) in [6.45, 7) is 1.57. The van der Waals surface area contributed by atoms with Crippen LogP contribution in [-0.2, 0) is 4.79 Å². The lowest BCUT2D eigenvalue weighted by molar-refractivity contribution is -0.384. The van der Waals surface area contributed by atoms with Gasteiger partial charge in [-0.3, -0.25) is 19.8 Å². The maximum absolute atomic E-state index is 13.0. The Bertz CT molecular complexity index is 1140. The molecule has 31 heavy (non-hydrogen) atoms. The van der Waals surface area contributed by atoms with Gasteiger partial charge in [0.25, 0.3) is 11.6 Å². The first kappa shape index (κ1) is 21.0. The number of carbonyl (C=O) groups is 2. The van der Waals surface area contributed by atoms with Crippen molar-refractivity contribution in [3.63, 3.8) is 0 Å². The summed E-state index contributed by atoms with van der Waals surface area (Å²) in [5.74, 6) is -1.50. The van der Waals surface area contributed by atoms with Gasteiger partial charge in [-0.2, -0.15) is 0 Å². The van der Waals surface area contributed by atoms with Gasteiger partial charge < -0.3 is 10.0 Å². The number of carboxylic acid groups (broad SMARTS) is 1. The van der Waals surface area contributed by atoms with Crippen molar-refractivity contribution in [2.24, 2.45) is 0 Å². The fraction of sp³-hybridized carbons (Fsp3) is 0.190. The Labute approximate surface area is 187 Å². The number of benzene rings is 2. The van der Waals surface area contributed by atoms with E-state index in [0.717, 1.165) is 37.7 Å². The van der Waals surface area contributed by atoms with Crippen LogP contribution in [0, 0.1) is 10.1 Å². The second-order valence-electron chi connectivity index (χ2n) is 7.07. The molecule has 2 fully saturated rings. The molecule has 0 atom stereocenters. The molecular formula is C21H17N3O5S2. The van der Waals surface area contributed by atoms with Crippen LogP contribution >= 0.6 is 24.0 Å². The van der Waals surface area contributed by atoms with E-state index in [-0.39, 0.29) is 15.6 Å². The molecule has 2 aliphatic heterocycles. The van der Waals surface area contributed by atoms with E-state index in [9.17, 15) is 24.8 Å². The van der Waals surface area contributed by atoms with Gasteiger partial charge >= 0.3 is 5.97 Å². The molecule has 0 spiro atoms. The summed E-state index contributed by atoms with van der Waals surface area (Å²) >= 11 is 6.40. The van der Waals surface area contributed by atoms with E-state index in [1.807, 2.05) is 4.90 Å². The molecule has 158 valence electrons. The first-order valence-electron chi connectivity index (χ1n) is 9.50. The van der Waals surface area contributed by atoms with Gasteiger partial charge in [0.2, 0.25) is 0 Å². The van der Waals surface area contributed by atoms with Crippen LogP contribution in [0.3, 0.4) is 0 Å². The third kappa shape index (κ3) is 4.17. The lowest BCUT2D eigenvalue weighted by Crippen LogP contribution is -2.27. The standard InChI is InChI=1S/C21H17N3O5S2/c25-19-18(31-21(30)23(19)15-5-3-4-14(12-15)20(26)27)11-13-6-7-16(17(10-13)24(28)29)22-8-1-2-9-22/h3-7,10-12H,1-2,8-9H2,(H,26,27)/b18-11+. The predicted octanol–water partition coefficient (Wildman–Crippen LogP) is 4.30. The van der Waals surface area contributed by atoms with Gasteiger partial charge in [-0.05, 0) is 48.7 Å². The van der Waals surface area contributed by atoms with Crippen molar-refractivity contribution in [3.8, 4) is 0 Å². The van der Waals surface area contributed by atoms with Crippen molar-refractivity contribution >= 4 is 63.3 Å². The Morgan fingerprint density at radius 1 is 1.19 bits per heavy atom. The minimum absolute atomic E-state index is 0.000267. The summed E-state index contributed by atoms with van der Waals surface area (Å²) in [6.07, 6.45) is 3.58. The molecule has 10 heteroatoms. The number of hydrogen-bond acceptors (Lipinski definition) is 7. The highest BCUT2D eigenvalue weighted by Gasteiger charge is 2.34. The SMILES string of the molecule is O=C(O)c1cccc(N2C(=O)/C(=C\c3ccc(N4CCCC4)c([N+](=O)[O-])c3)SC2=S)c1. The monoisotopic (exact) mass is 455 g/mol. The maximum Gasteiger partial charge on any atom is 0.335 e. The molecular weight excluding hydrogens is 438 g/mol. The number of thiocarbonyl (C=S) groups is 1. The number of thioether (sulfide) groups is 1. The van der Waals surface area contributed by atoms with Gasteiger partial charge in [0, 0.05) is 19.2 Å². The van der Waals surface area contributed by atoms with Crippen molar-refractivity contribution in [2.45, 2.75) is 12.8 Å². The number of amides is 1. The second kappa shape index (κ2) is 8.48. The van der Waals surface area contributed by atoms with E-state index in [0.29, 0.717) is 21.8 Å². The van der Waals surface area contributed by atoms with E-state index in [2.05, 4.69) is 0 Å². The smallest absolute Gasteiger partial charge is 0.335 e. The number of carbonyl (C=O) groups excluding carboxylic acids is 1. The molecule has 2 aromatic carbocycles. The summed E-state index contributed by atoms with van der Waals surface area (Å²) in [6, 6.07) is 10.9. The zero-order valence-electron chi connectivity index (χ0n) is 16.2. The summed E-state index contributed by atoms with van der Waals surface area (Å²) in [4.78, 5) is 39.0. The third-order valence-electron chi connectivity index (χ3n) is 5.09. The molecule has 2 aromatic rings. The van der Waals surface area contributed by atoms with Crippen molar-refractivity contribution in [1.82, 2.24) is 0 Å². The molecule has 0 unspecified atom stereocenters. The van der Waals surface area contributed by atoms with Gasteiger partial charge in [0.15, 0.2) is 4.32 Å². The van der Waals surface area contributed by atoms with Crippen molar-refractivity contribution in [1.29, 1.82) is 0 Å². The van der Waals surface area contributed by atoms with Crippen molar-refractivity contribution in [2.75, 3.05) is 22.9 Å². The Kier molecular flexibility index (Phi) is 5.75. The van der Waals surface area contributed by atoms with Crippen molar-refractivity contribution < 1.29 is 19.6 Å². The number of carboxylic acids is 1. The quantitative estimate of drug-likeness (QED) is 0.308. The van der Waals surface area contributed by atoms with Gasteiger partial charge in [-0.1, -0.05) is 36.1 Å². The van der Waals surface area contributed by atoms with Crippen LogP contribution in [0.1, 0.15) is 28.8 Å². The van der Waals surface area contributed by atoms with Gasteiger partial charge in [-0.15, -0.1) is 0 Å². The predicted molar refractivity (Wildman–Crippen MR) is 124 cm³/mol. The van der Waals surface area contributed by atoms with Crippen LogP contribution in [0.5, 0.6) is 0 Å². The van der Waals surface area contributed by atoms with Crippen LogP contribution in [0.2, 0.25) is 0 Å². The molecule has 0 aliphatic carbocycles. The number of nitro groups is 1. The second-order valence-corrected chi connectivity index (χ2v) is 8.75. The highest BCUT2D eigenvalue weighted by atomic mass is 32.2. The van der Waals surface area contributed by atoms with Crippen LogP contribution in [-0.4, -0.2) is 39.3 Å². The highest BCUT2D eigenvalue weighted by molar-refractivity contribution is 8.27. The van der Waals surface area contributed by atoms with Gasteiger partial charge in [-0.25, -0.2) is 4.79 Å². The van der Waals surface area contributed by atoms with E-state index >= 15 is 0 Å². The molecule has 2 aliphatic rings. The lowest BCUT2D eigenvalue weighted by Gasteiger charge is -2.17. The molecule has 0 aromatic heterocycles. The first-order valence-corrected chi connectivity index (χ1v) is 10.7. The third-order valence-corrected chi connectivity index (χ3v) is 6.39. The Balaban J connectivity index is 1.65. The number of rotatable bonds is 5. The first-order chi connectivity index (χ1) is 14.8. The molecule has 2 heterocycles. The Hall–Kier alpha value is -3.24. The summed E-state index contributed by atoms with van der Waals surface area (Å²) in [5, 5.41) is 20.8. The molecule has 0 radical (unpaired) electrons. The lowest BCUT2D eigenvalue weighted by atomic mass is 10.1. The van der Waals surface area contributed by atoms with Crippen LogP contribution in [0.25, 0.3) is 6.08 Å². The van der Waals surface area contributed by atoms with Gasteiger partial charge in [0.05, 0.1) is 21.1 Å². The number of anilines is 2. The zero-order valence-corrected chi connectivity index (χ0v) is 17.8. The van der Waals surface area contributed by atoms with Gasteiger partial charge in [0.1, 0.15) is 5.69 Å². The normalized spacial score (nSPS) is 17.6. The Morgan fingerprint density at radius 3 is 2.61 bits per heavy atom. The largest absolute Gasteiger partial charge is 0.478 e. The number of nitro benzene ring substituents is 1. The maximum atomic E-state index is 13.0. The molecule has 4 rings (SSSR count). The minimum atomic E-state index is -1.10. The van der Waals surface area contributed by atoms with Crippen molar-refractivity contribution in [3.05, 3.63) is 68.6 Å². The summed E-state index contributed by atoms with van der Waals surface area (Å²) in [5.41, 5.74) is 1.51. The van der Waals surface area contributed by atoms with Crippen LogP contribution < -0.4 is 9.80 Å². The number of nitrogens with zero attached hydrogens (tertiary/aromatic N) is 3. The summed E-state index contributed by atoms with van der Waals surface area (Å²) < 4.78 is 0.266. The topological polar surface area (TPSA) is 104 Å². The number of aromatic carboxylic acids is 1. The molecule has 0 bridgehead atoms. The van der Waals surface area contributed by atoms with E-state index in [4.69, 9.17) is 12.2 Å². The average molecular weight is 456 g/mol. The molecule has 0 saturated carbocycles. The van der Waals surface area contributed by atoms with E-state index in [1.165, 1.54) is 23.1 Å². The van der Waals surface area contributed by atoms with E-state index < -0.39 is 16.8 Å². The zero-order chi connectivity index (χ0) is 22.1. The molecule has 1 N–H and O–H groups in total.